The first-order valence-electron chi connectivity index (χ1n) is 9.88. The number of piperidine rings is 1. The van der Waals surface area contributed by atoms with Gasteiger partial charge in [0.15, 0.2) is 5.82 Å². The average Bonchev–Trinajstić information content (AvgIpc) is 2.69. The van der Waals surface area contributed by atoms with Gasteiger partial charge in [0.05, 0.1) is 6.10 Å². The fourth-order valence-corrected chi connectivity index (χ4v) is 3.81. The molecule has 1 aromatic rings. The fourth-order valence-electron chi connectivity index (χ4n) is 3.81. The molecule has 170 valence electrons. The van der Waals surface area contributed by atoms with E-state index >= 15 is 0 Å². The first kappa shape index (κ1) is 22.8. The Kier molecular flexibility index (Phi) is 6.39. The molecule has 0 spiro atoms. The number of alkyl halides is 3. The number of amides is 1. The highest BCUT2D eigenvalue weighted by molar-refractivity contribution is 6.03. The number of hydrogen-bond donors (Lipinski definition) is 4. The number of aliphatic hydroxyl groups excluding tert-OH is 1. The van der Waals surface area contributed by atoms with Crippen molar-refractivity contribution in [2.75, 3.05) is 18.0 Å². The molecule has 5 N–H and O–H groups in total. The Hall–Kier alpha value is -2.89. The molecule has 0 radical (unpaired) electrons. The Balaban J connectivity index is 1.70. The highest BCUT2D eigenvalue weighted by Gasteiger charge is 2.53. The predicted molar refractivity (Wildman–Crippen MR) is 105 cm³/mol. The maximum absolute atomic E-state index is 13.6. The lowest BCUT2D eigenvalue weighted by molar-refractivity contribution is -0.192. The van der Waals surface area contributed by atoms with E-state index in [0.717, 1.165) is 0 Å². The summed E-state index contributed by atoms with van der Waals surface area (Å²) in [5, 5.41) is 28.4. The Morgan fingerprint density at radius 1 is 1.32 bits per heavy atom. The number of hydrogen-bond acceptors (Lipinski definition) is 8. The Morgan fingerprint density at radius 2 is 1.97 bits per heavy atom. The summed E-state index contributed by atoms with van der Waals surface area (Å²) in [6.45, 7) is 4.64. The Labute approximate surface area is 177 Å². The molecule has 2 aliphatic rings. The molecule has 12 heteroatoms. The normalized spacial score (nSPS) is 23.2. The molecule has 1 aromatic heterocycles. The lowest BCUT2D eigenvalue weighted by atomic mass is 9.79. The zero-order valence-corrected chi connectivity index (χ0v) is 17.1. The lowest BCUT2D eigenvalue weighted by Gasteiger charge is -2.37. The van der Waals surface area contributed by atoms with Crippen molar-refractivity contribution in [3.8, 4) is 5.88 Å². The third-order valence-corrected chi connectivity index (χ3v) is 5.30. The van der Waals surface area contributed by atoms with Crippen LogP contribution in [-0.4, -0.2) is 58.4 Å². The number of aromatic nitrogens is 2. The number of nitrogens with one attached hydrogen (secondary N) is 2. The maximum atomic E-state index is 13.6. The molecule has 2 atom stereocenters. The molecule has 3 rings (SSSR count). The number of nitrogens with two attached hydrogens (primary N) is 1. The van der Waals surface area contributed by atoms with Gasteiger partial charge in [0.1, 0.15) is 17.8 Å². The Bertz CT molecular complexity index is 864. The summed E-state index contributed by atoms with van der Waals surface area (Å²) in [4.78, 5) is 13.5. The topological polar surface area (TPSA) is 137 Å². The molecular formula is C19H25F3N6O3. The number of aliphatic hydroxyl groups is 1. The van der Waals surface area contributed by atoms with E-state index in [9.17, 15) is 23.1 Å². The third-order valence-electron chi connectivity index (χ3n) is 5.30. The van der Waals surface area contributed by atoms with Crippen molar-refractivity contribution >= 4 is 17.4 Å². The first-order valence-corrected chi connectivity index (χ1v) is 9.88. The van der Waals surface area contributed by atoms with Crippen molar-refractivity contribution in [2.24, 2.45) is 17.6 Å². The number of carbonyl (C=O) groups is 1. The summed E-state index contributed by atoms with van der Waals surface area (Å²) in [6.07, 6.45) is -6.52. The number of rotatable bonds is 5. The van der Waals surface area contributed by atoms with Crippen LogP contribution in [0.1, 0.15) is 26.7 Å². The second kappa shape index (κ2) is 8.69. The molecule has 1 saturated heterocycles. The van der Waals surface area contributed by atoms with Crippen LogP contribution in [0.2, 0.25) is 0 Å². The summed E-state index contributed by atoms with van der Waals surface area (Å²) in [7, 11) is 0. The molecule has 0 bridgehead atoms. The molecule has 31 heavy (non-hydrogen) atoms. The molecule has 9 nitrogen and oxygen atoms in total. The van der Waals surface area contributed by atoms with Gasteiger partial charge in [0.25, 0.3) is 5.91 Å². The largest absolute Gasteiger partial charge is 0.474 e. The van der Waals surface area contributed by atoms with Gasteiger partial charge in [-0.3, -0.25) is 4.79 Å². The lowest BCUT2D eigenvalue weighted by Crippen LogP contribution is -2.54. The Morgan fingerprint density at radius 3 is 2.48 bits per heavy atom. The molecule has 1 fully saturated rings. The van der Waals surface area contributed by atoms with Gasteiger partial charge in [-0.05, 0) is 32.8 Å². The summed E-state index contributed by atoms with van der Waals surface area (Å²) in [5.41, 5.74) is 4.77. The van der Waals surface area contributed by atoms with Gasteiger partial charge >= 0.3 is 6.18 Å². The average molecular weight is 442 g/mol. The van der Waals surface area contributed by atoms with Crippen molar-refractivity contribution in [3.05, 3.63) is 23.5 Å². The number of nitrogens with zero attached hydrogens (tertiary/aromatic N) is 3. The minimum absolute atomic E-state index is 0.0349. The van der Waals surface area contributed by atoms with E-state index in [1.54, 1.807) is 12.1 Å². The smallest absolute Gasteiger partial charge is 0.398 e. The number of ether oxygens (including phenoxy) is 1. The summed E-state index contributed by atoms with van der Waals surface area (Å²) in [6, 6.07) is 3.45. The van der Waals surface area contributed by atoms with E-state index in [1.807, 2.05) is 24.1 Å². The molecule has 0 unspecified atom stereocenters. The van der Waals surface area contributed by atoms with E-state index < -0.39 is 41.4 Å². The quantitative estimate of drug-likeness (QED) is 0.505. The van der Waals surface area contributed by atoms with Crippen molar-refractivity contribution in [3.63, 3.8) is 0 Å². The monoisotopic (exact) mass is 442 g/mol. The molecule has 1 amide bonds. The third kappa shape index (κ3) is 4.89. The molecule has 3 heterocycles. The van der Waals surface area contributed by atoms with Crippen LogP contribution in [-0.2, 0) is 4.79 Å². The zero-order valence-electron chi connectivity index (χ0n) is 17.1. The van der Waals surface area contributed by atoms with Crippen LogP contribution in [0.3, 0.4) is 0 Å². The molecule has 2 aliphatic heterocycles. The maximum Gasteiger partial charge on any atom is 0.398 e. The number of carbonyl (C=O) groups excluding carboxylic acids is 1. The molecule has 0 aliphatic carbocycles. The highest BCUT2D eigenvalue weighted by Crippen LogP contribution is 2.39. The minimum Gasteiger partial charge on any atom is -0.474 e. The highest BCUT2D eigenvalue weighted by atomic mass is 19.4. The van der Waals surface area contributed by atoms with Gasteiger partial charge in [-0.25, -0.2) is 0 Å². The van der Waals surface area contributed by atoms with Gasteiger partial charge in [0, 0.05) is 36.4 Å². The van der Waals surface area contributed by atoms with Crippen molar-refractivity contribution in [1.29, 1.82) is 5.41 Å². The second-order valence-corrected chi connectivity index (χ2v) is 7.85. The van der Waals surface area contributed by atoms with Crippen LogP contribution < -0.4 is 20.7 Å². The summed E-state index contributed by atoms with van der Waals surface area (Å²) >= 11 is 0. The van der Waals surface area contributed by atoms with Crippen molar-refractivity contribution in [1.82, 2.24) is 15.5 Å². The van der Waals surface area contributed by atoms with E-state index in [2.05, 4.69) is 10.2 Å². The second-order valence-electron chi connectivity index (χ2n) is 7.85. The van der Waals surface area contributed by atoms with Gasteiger partial charge in [0.2, 0.25) is 5.88 Å². The predicted octanol–water partition coefficient (Wildman–Crippen LogP) is 1.34. The van der Waals surface area contributed by atoms with Gasteiger partial charge in [-0.1, -0.05) is 0 Å². The van der Waals surface area contributed by atoms with Crippen LogP contribution >= 0.6 is 0 Å². The van der Waals surface area contributed by atoms with Gasteiger partial charge in [-0.2, -0.15) is 13.2 Å². The van der Waals surface area contributed by atoms with Crippen LogP contribution in [0.5, 0.6) is 5.88 Å². The summed E-state index contributed by atoms with van der Waals surface area (Å²) in [5.74, 6) is -3.78. The van der Waals surface area contributed by atoms with E-state index in [0.29, 0.717) is 37.6 Å². The van der Waals surface area contributed by atoms with Gasteiger partial charge < -0.3 is 31.2 Å². The molecule has 0 saturated carbocycles. The van der Waals surface area contributed by atoms with Crippen LogP contribution in [0.4, 0.5) is 19.0 Å². The van der Waals surface area contributed by atoms with Crippen LogP contribution in [0.15, 0.2) is 23.5 Å². The number of halogens is 3. The van der Waals surface area contributed by atoms with E-state index in [-0.39, 0.29) is 11.8 Å². The van der Waals surface area contributed by atoms with E-state index in [1.165, 1.54) is 0 Å². The minimum atomic E-state index is -4.92. The van der Waals surface area contributed by atoms with Gasteiger partial charge in [-0.15, -0.1) is 10.2 Å². The summed E-state index contributed by atoms with van der Waals surface area (Å²) < 4.78 is 46.1. The SMILES string of the molecule is CC(C)Oc1ccc(N2CCC(C(=N)C3=C(N)NC(=O)[C@H](O)[C@@H]3C(F)(F)F)CC2)nn1. The standard InChI is InChI=1S/C19H25F3N6O3/c1-9(2)31-12-4-3-11(26-27-12)28-7-5-10(6-8-28)15(23)13-14(19(20,21)22)16(29)18(30)25-17(13)24/h3-4,9-10,14,16,23,29H,5-8,24H2,1-2H3,(H,25,30)/t14-,16-/m1/s1. The fraction of sp³-hybridized carbons (Fsp3) is 0.579. The molecule has 0 aromatic carbocycles. The first-order chi connectivity index (χ1) is 14.5. The number of anilines is 1. The van der Waals surface area contributed by atoms with Crippen molar-refractivity contribution < 1.29 is 27.8 Å². The van der Waals surface area contributed by atoms with Crippen LogP contribution in [0.25, 0.3) is 0 Å². The van der Waals surface area contributed by atoms with Crippen LogP contribution in [0, 0.1) is 17.2 Å². The molecular weight excluding hydrogens is 417 g/mol. The van der Waals surface area contributed by atoms with E-state index in [4.69, 9.17) is 15.9 Å². The zero-order chi connectivity index (χ0) is 22.9. The van der Waals surface area contributed by atoms with Crippen molar-refractivity contribution in [2.45, 2.75) is 45.1 Å².